The Balaban J connectivity index is 1.86. The Bertz CT molecular complexity index is 509. The number of carbonyl (C=O) groups is 1. The topological polar surface area (TPSA) is 62.2 Å². The van der Waals surface area contributed by atoms with E-state index in [0.717, 1.165) is 25.4 Å². The van der Waals surface area contributed by atoms with E-state index in [9.17, 15) is 4.79 Å². The van der Waals surface area contributed by atoms with Crippen LogP contribution in [0.4, 0.5) is 0 Å². The third kappa shape index (κ3) is 6.17. The van der Waals surface area contributed by atoms with Crippen LogP contribution in [0, 0.1) is 0 Å². The molecule has 0 aromatic heterocycles. The van der Waals surface area contributed by atoms with Crippen LogP contribution in [0.25, 0.3) is 0 Å². The van der Waals surface area contributed by atoms with Crippen molar-refractivity contribution in [2.75, 3.05) is 46.4 Å². The number of rotatable bonds is 8. The van der Waals surface area contributed by atoms with E-state index in [1.165, 1.54) is 5.56 Å². The molecule has 1 atom stereocenters. The molecule has 0 bridgehead atoms. The van der Waals surface area contributed by atoms with Gasteiger partial charge in [0.05, 0.1) is 25.9 Å². The molecule has 6 heteroatoms. The zero-order valence-electron chi connectivity index (χ0n) is 13.9. The minimum atomic E-state index is -0.812. The van der Waals surface area contributed by atoms with Crippen molar-refractivity contribution < 1.29 is 19.4 Å². The van der Waals surface area contributed by atoms with E-state index in [1.54, 1.807) is 4.90 Å². The predicted octanol–water partition coefficient (Wildman–Crippen LogP) is 1.30. The Hall–Kier alpha value is -1.63. The molecule has 1 N–H and O–H groups in total. The van der Waals surface area contributed by atoms with Gasteiger partial charge >= 0.3 is 5.97 Å². The molecule has 0 amide bonds. The van der Waals surface area contributed by atoms with Crippen molar-refractivity contribution in [3.63, 3.8) is 0 Å². The first-order valence-electron chi connectivity index (χ1n) is 8.03. The maximum Gasteiger partial charge on any atom is 0.317 e. The van der Waals surface area contributed by atoms with Gasteiger partial charge in [0.2, 0.25) is 0 Å². The fourth-order valence-electron chi connectivity index (χ4n) is 2.84. The number of likely N-dealkylation sites (N-methyl/N-ethyl adjacent to an activating group) is 1. The van der Waals surface area contributed by atoms with Crippen molar-refractivity contribution in [3.05, 3.63) is 29.8 Å². The average Bonchev–Trinajstić information content (AvgIpc) is 2.47. The zero-order valence-corrected chi connectivity index (χ0v) is 13.9. The van der Waals surface area contributed by atoms with Gasteiger partial charge < -0.3 is 14.6 Å². The molecule has 23 heavy (non-hydrogen) atoms. The third-order valence-electron chi connectivity index (χ3n) is 3.76. The minimum Gasteiger partial charge on any atom is -0.494 e. The molecule has 1 saturated heterocycles. The van der Waals surface area contributed by atoms with E-state index in [-0.39, 0.29) is 12.6 Å². The number of carboxylic acid groups (broad SMARTS) is 1. The number of carboxylic acids is 1. The van der Waals surface area contributed by atoms with E-state index in [4.69, 9.17) is 14.6 Å². The number of aliphatic carboxylic acids is 1. The first-order valence-corrected chi connectivity index (χ1v) is 8.03. The molecule has 1 aliphatic rings. The summed E-state index contributed by atoms with van der Waals surface area (Å²) in [6, 6.07) is 8.16. The van der Waals surface area contributed by atoms with Crippen LogP contribution in [0.1, 0.15) is 12.5 Å². The van der Waals surface area contributed by atoms with Crippen LogP contribution in [0.2, 0.25) is 0 Å². The van der Waals surface area contributed by atoms with E-state index in [1.807, 2.05) is 26.1 Å². The summed E-state index contributed by atoms with van der Waals surface area (Å²) in [6.45, 7) is 6.53. The summed E-state index contributed by atoms with van der Waals surface area (Å²) in [5, 5.41) is 8.83. The summed E-state index contributed by atoms with van der Waals surface area (Å²) >= 11 is 0. The Kier molecular flexibility index (Phi) is 6.83. The average molecular weight is 322 g/mol. The smallest absolute Gasteiger partial charge is 0.317 e. The predicted molar refractivity (Wildman–Crippen MR) is 87.8 cm³/mol. The van der Waals surface area contributed by atoms with E-state index in [0.29, 0.717) is 19.8 Å². The zero-order chi connectivity index (χ0) is 16.7. The summed E-state index contributed by atoms with van der Waals surface area (Å²) < 4.78 is 11.3. The number of ether oxygens (including phenoxy) is 2. The summed E-state index contributed by atoms with van der Waals surface area (Å²) in [6.07, 6.45) is 0.0446. The van der Waals surface area contributed by atoms with Gasteiger partial charge in [-0.2, -0.15) is 0 Å². The maximum atomic E-state index is 10.7. The lowest BCUT2D eigenvalue weighted by Crippen LogP contribution is -2.47. The van der Waals surface area contributed by atoms with Gasteiger partial charge in [-0.3, -0.25) is 14.6 Å². The van der Waals surface area contributed by atoms with Gasteiger partial charge in [-0.25, -0.2) is 0 Å². The largest absolute Gasteiger partial charge is 0.494 e. The highest BCUT2D eigenvalue weighted by atomic mass is 16.5. The molecule has 0 radical (unpaired) electrons. The first-order chi connectivity index (χ1) is 11.1. The van der Waals surface area contributed by atoms with Crippen LogP contribution in [-0.2, 0) is 16.1 Å². The molecule has 0 aliphatic carbocycles. The molecule has 1 aliphatic heterocycles. The second-order valence-electron chi connectivity index (χ2n) is 5.90. The monoisotopic (exact) mass is 322 g/mol. The number of morpholine rings is 1. The van der Waals surface area contributed by atoms with Gasteiger partial charge in [0.15, 0.2) is 0 Å². The van der Waals surface area contributed by atoms with Gasteiger partial charge in [-0.05, 0) is 31.7 Å². The molecule has 1 aromatic carbocycles. The highest BCUT2D eigenvalue weighted by molar-refractivity contribution is 5.69. The fraction of sp³-hybridized carbons (Fsp3) is 0.588. The summed E-state index contributed by atoms with van der Waals surface area (Å²) in [7, 11) is 1.81. The fourth-order valence-corrected chi connectivity index (χ4v) is 2.84. The first kappa shape index (κ1) is 17.7. The number of hydrogen-bond donors (Lipinski definition) is 1. The van der Waals surface area contributed by atoms with Gasteiger partial charge in [-0.1, -0.05) is 12.1 Å². The lowest BCUT2D eigenvalue weighted by Gasteiger charge is -2.34. The van der Waals surface area contributed by atoms with Gasteiger partial charge in [-0.15, -0.1) is 0 Å². The highest BCUT2D eigenvalue weighted by Gasteiger charge is 2.22. The molecular formula is C17H26N2O4. The summed E-state index contributed by atoms with van der Waals surface area (Å²) in [5.74, 6) is 0.0869. The van der Waals surface area contributed by atoms with E-state index >= 15 is 0 Å². The molecule has 6 nitrogen and oxygen atoms in total. The lowest BCUT2D eigenvalue weighted by molar-refractivity contribution is -0.138. The van der Waals surface area contributed by atoms with Gasteiger partial charge in [0.25, 0.3) is 0 Å². The minimum absolute atomic E-state index is 0.0380. The van der Waals surface area contributed by atoms with Crippen LogP contribution in [0.15, 0.2) is 24.3 Å². The third-order valence-corrected chi connectivity index (χ3v) is 3.76. The normalized spacial score (nSPS) is 19.0. The Morgan fingerprint density at radius 1 is 1.52 bits per heavy atom. The van der Waals surface area contributed by atoms with Gasteiger partial charge in [0, 0.05) is 26.2 Å². The molecule has 1 fully saturated rings. The van der Waals surface area contributed by atoms with Gasteiger partial charge in [0.1, 0.15) is 5.75 Å². The maximum absolute atomic E-state index is 10.7. The van der Waals surface area contributed by atoms with E-state index < -0.39 is 5.97 Å². The second kappa shape index (κ2) is 8.86. The van der Waals surface area contributed by atoms with Crippen molar-refractivity contribution in [1.29, 1.82) is 0 Å². The van der Waals surface area contributed by atoms with Crippen LogP contribution in [-0.4, -0.2) is 73.4 Å². The Morgan fingerprint density at radius 2 is 2.35 bits per heavy atom. The van der Waals surface area contributed by atoms with Crippen LogP contribution in [0.5, 0.6) is 5.75 Å². The molecule has 2 rings (SSSR count). The van der Waals surface area contributed by atoms with Crippen molar-refractivity contribution >= 4 is 5.97 Å². The van der Waals surface area contributed by atoms with Crippen molar-refractivity contribution in [2.24, 2.45) is 0 Å². The van der Waals surface area contributed by atoms with E-state index in [2.05, 4.69) is 17.0 Å². The molecular weight excluding hydrogens is 296 g/mol. The summed E-state index contributed by atoms with van der Waals surface area (Å²) in [4.78, 5) is 14.9. The van der Waals surface area contributed by atoms with Crippen molar-refractivity contribution in [1.82, 2.24) is 9.80 Å². The number of nitrogens with zero attached hydrogens (tertiary/aromatic N) is 2. The standard InChI is InChI=1S/C17H26N2O4/c1-3-22-15-6-4-5-14(9-15)10-19-7-8-23-16(12-19)11-18(2)13-17(20)21/h4-6,9,16H,3,7-8,10-13H2,1-2H3,(H,20,21). The van der Waals surface area contributed by atoms with Crippen molar-refractivity contribution in [3.8, 4) is 5.75 Å². The SMILES string of the molecule is CCOc1cccc(CN2CCOC(CN(C)CC(=O)O)C2)c1. The second-order valence-corrected chi connectivity index (χ2v) is 5.90. The molecule has 0 saturated carbocycles. The van der Waals surface area contributed by atoms with Crippen molar-refractivity contribution in [2.45, 2.75) is 19.6 Å². The highest BCUT2D eigenvalue weighted by Crippen LogP contribution is 2.16. The lowest BCUT2D eigenvalue weighted by atomic mass is 10.1. The molecule has 128 valence electrons. The number of benzene rings is 1. The molecule has 1 heterocycles. The molecule has 1 aromatic rings. The quantitative estimate of drug-likeness (QED) is 0.778. The molecule has 1 unspecified atom stereocenters. The Labute approximate surface area is 137 Å². The Morgan fingerprint density at radius 3 is 3.09 bits per heavy atom. The summed E-state index contributed by atoms with van der Waals surface area (Å²) in [5.41, 5.74) is 1.22. The van der Waals surface area contributed by atoms with Crippen LogP contribution >= 0.6 is 0 Å². The number of hydrogen-bond acceptors (Lipinski definition) is 5. The van der Waals surface area contributed by atoms with Crippen LogP contribution in [0.3, 0.4) is 0 Å². The van der Waals surface area contributed by atoms with Crippen LogP contribution < -0.4 is 4.74 Å². The molecule has 0 spiro atoms.